The lowest BCUT2D eigenvalue weighted by molar-refractivity contribution is -0.763. The molecule has 2 rings (SSSR count). The Morgan fingerprint density at radius 2 is 1.83 bits per heavy atom. The summed E-state index contributed by atoms with van der Waals surface area (Å²) in [6.45, 7) is -0.489. The standard InChI is InChI=1S/C14H15N3O6/c1-15-11(8-23-17(20)21)12(16(2)14(15)19)13(18)9-4-6-10(22-3)7-5-9/h4-7H,8H2,1-3H3. The predicted molar refractivity (Wildman–Crippen MR) is 78.9 cm³/mol. The van der Waals surface area contributed by atoms with Crippen LogP contribution in [0.3, 0.4) is 0 Å². The van der Waals surface area contributed by atoms with Gasteiger partial charge in [-0.2, -0.15) is 0 Å². The average Bonchev–Trinajstić information content (AvgIpc) is 2.76. The van der Waals surface area contributed by atoms with Crippen molar-refractivity contribution < 1.29 is 19.5 Å². The van der Waals surface area contributed by atoms with Crippen molar-refractivity contribution in [2.24, 2.45) is 14.1 Å². The van der Waals surface area contributed by atoms with Crippen LogP contribution in [0.2, 0.25) is 0 Å². The second kappa shape index (κ2) is 6.34. The Kier molecular flexibility index (Phi) is 4.49. The van der Waals surface area contributed by atoms with E-state index in [0.717, 1.165) is 9.13 Å². The van der Waals surface area contributed by atoms with Gasteiger partial charge in [-0.3, -0.25) is 13.9 Å². The first-order valence-corrected chi connectivity index (χ1v) is 6.57. The molecule has 0 spiro atoms. The quantitative estimate of drug-likeness (QED) is 0.440. The van der Waals surface area contributed by atoms with Crippen molar-refractivity contribution in [2.75, 3.05) is 7.11 Å². The van der Waals surface area contributed by atoms with Gasteiger partial charge in [0, 0.05) is 19.7 Å². The van der Waals surface area contributed by atoms with Crippen molar-refractivity contribution in [3.63, 3.8) is 0 Å². The molecule has 0 saturated heterocycles. The van der Waals surface area contributed by atoms with E-state index in [1.165, 1.54) is 21.2 Å². The van der Waals surface area contributed by atoms with Crippen molar-refractivity contribution in [1.82, 2.24) is 9.13 Å². The predicted octanol–water partition coefficient (Wildman–Crippen LogP) is 0.672. The lowest BCUT2D eigenvalue weighted by atomic mass is 10.1. The number of nitrogens with zero attached hydrogens (tertiary/aromatic N) is 3. The van der Waals surface area contributed by atoms with Crippen LogP contribution >= 0.6 is 0 Å². The van der Waals surface area contributed by atoms with Gasteiger partial charge in [-0.1, -0.05) is 0 Å². The molecule has 0 N–H and O–H groups in total. The summed E-state index contributed by atoms with van der Waals surface area (Å²) in [5.41, 5.74) is 0.0395. The molecule has 0 fully saturated rings. The fraction of sp³-hybridized carbons (Fsp3) is 0.286. The Bertz CT molecular complexity index is 803. The van der Waals surface area contributed by atoms with Gasteiger partial charge in [0.15, 0.2) is 0 Å². The highest BCUT2D eigenvalue weighted by Crippen LogP contribution is 2.17. The molecule has 0 aliphatic heterocycles. The minimum absolute atomic E-state index is 0.0458. The molecule has 0 unspecified atom stereocenters. The smallest absolute Gasteiger partial charge is 0.328 e. The van der Waals surface area contributed by atoms with E-state index in [9.17, 15) is 19.7 Å². The third-order valence-electron chi connectivity index (χ3n) is 3.46. The number of benzene rings is 1. The van der Waals surface area contributed by atoms with Gasteiger partial charge in [0.25, 0.3) is 5.09 Å². The number of carbonyl (C=O) groups is 1. The molecule has 1 heterocycles. The van der Waals surface area contributed by atoms with Crippen LogP contribution in [0.4, 0.5) is 0 Å². The van der Waals surface area contributed by atoms with Crippen molar-refractivity contribution in [3.05, 3.63) is 61.8 Å². The van der Waals surface area contributed by atoms with Crippen molar-refractivity contribution in [2.45, 2.75) is 6.61 Å². The molecule has 9 nitrogen and oxygen atoms in total. The number of methoxy groups -OCH3 is 1. The third kappa shape index (κ3) is 3.07. The summed E-state index contributed by atoms with van der Waals surface area (Å²) in [5.74, 6) is 0.148. The van der Waals surface area contributed by atoms with Gasteiger partial charge in [-0.25, -0.2) is 4.79 Å². The van der Waals surface area contributed by atoms with Gasteiger partial charge < -0.3 is 9.57 Å². The zero-order valence-electron chi connectivity index (χ0n) is 12.8. The Balaban J connectivity index is 2.47. The van der Waals surface area contributed by atoms with Crippen LogP contribution in [0.15, 0.2) is 29.1 Å². The highest BCUT2D eigenvalue weighted by Gasteiger charge is 2.23. The maximum atomic E-state index is 12.7. The molecular weight excluding hydrogens is 306 g/mol. The normalized spacial score (nSPS) is 10.4. The van der Waals surface area contributed by atoms with E-state index >= 15 is 0 Å². The van der Waals surface area contributed by atoms with Gasteiger partial charge in [-0.05, 0) is 24.3 Å². The number of carbonyl (C=O) groups excluding carboxylic acids is 1. The molecule has 23 heavy (non-hydrogen) atoms. The number of hydrogen-bond donors (Lipinski definition) is 0. The number of ether oxygens (including phenoxy) is 1. The SMILES string of the molecule is COc1ccc(C(=O)c2c(CO[N+](=O)[O-])n(C)c(=O)n2C)cc1. The molecule has 0 aliphatic rings. The Morgan fingerprint density at radius 3 is 2.35 bits per heavy atom. The van der Waals surface area contributed by atoms with E-state index in [1.54, 1.807) is 24.3 Å². The molecule has 0 amide bonds. The lowest BCUT2D eigenvalue weighted by Gasteiger charge is -2.07. The summed E-state index contributed by atoms with van der Waals surface area (Å²) in [4.78, 5) is 39.4. The number of hydrogen-bond acceptors (Lipinski definition) is 6. The molecule has 0 atom stereocenters. The van der Waals surface area contributed by atoms with Gasteiger partial charge >= 0.3 is 5.69 Å². The van der Waals surface area contributed by atoms with Crippen molar-refractivity contribution in [1.29, 1.82) is 0 Å². The van der Waals surface area contributed by atoms with Crippen molar-refractivity contribution in [3.8, 4) is 5.75 Å². The first-order chi connectivity index (χ1) is 10.9. The van der Waals surface area contributed by atoms with Crippen LogP contribution in [-0.4, -0.2) is 27.1 Å². The fourth-order valence-electron chi connectivity index (χ4n) is 2.23. The van der Waals surface area contributed by atoms with Crippen LogP contribution < -0.4 is 10.4 Å². The molecule has 0 aliphatic carbocycles. The molecule has 1 aromatic heterocycles. The molecule has 0 radical (unpaired) electrons. The summed E-state index contributed by atoms with van der Waals surface area (Å²) in [6.07, 6.45) is 0. The maximum Gasteiger partial charge on any atom is 0.328 e. The number of imidazole rings is 1. The van der Waals surface area contributed by atoms with Crippen molar-refractivity contribution >= 4 is 5.78 Å². The van der Waals surface area contributed by atoms with Crippen LogP contribution in [0.25, 0.3) is 0 Å². The van der Waals surface area contributed by atoms with E-state index in [4.69, 9.17) is 4.74 Å². The van der Waals surface area contributed by atoms with Gasteiger partial charge in [0.1, 0.15) is 18.1 Å². The Labute approximate surface area is 130 Å². The summed E-state index contributed by atoms with van der Waals surface area (Å²) >= 11 is 0. The minimum atomic E-state index is -0.973. The Hall–Kier alpha value is -3.10. The minimum Gasteiger partial charge on any atom is -0.497 e. The summed E-state index contributed by atoms with van der Waals surface area (Å²) in [6, 6.07) is 6.33. The first-order valence-electron chi connectivity index (χ1n) is 6.57. The average molecular weight is 321 g/mol. The second-order valence-corrected chi connectivity index (χ2v) is 4.75. The van der Waals surface area contributed by atoms with Crippen LogP contribution in [0.5, 0.6) is 5.75 Å². The second-order valence-electron chi connectivity index (χ2n) is 4.75. The zero-order valence-corrected chi connectivity index (χ0v) is 12.8. The number of aromatic nitrogens is 2. The molecule has 122 valence electrons. The molecule has 9 heteroatoms. The summed E-state index contributed by atoms with van der Waals surface area (Å²) < 4.78 is 7.32. The van der Waals surface area contributed by atoms with Gasteiger partial charge in [-0.15, -0.1) is 10.1 Å². The van der Waals surface area contributed by atoms with E-state index < -0.39 is 23.2 Å². The largest absolute Gasteiger partial charge is 0.497 e. The monoisotopic (exact) mass is 321 g/mol. The molecule has 0 bridgehead atoms. The van der Waals surface area contributed by atoms with Crippen LogP contribution in [0.1, 0.15) is 21.7 Å². The fourth-order valence-corrected chi connectivity index (χ4v) is 2.23. The molecule has 1 aromatic carbocycles. The van der Waals surface area contributed by atoms with Gasteiger partial charge in [0.05, 0.1) is 12.8 Å². The molecule has 2 aromatic rings. The highest BCUT2D eigenvalue weighted by atomic mass is 16.9. The Morgan fingerprint density at radius 1 is 1.22 bits per heavy atom. The molecular formula is C14H15N3O6. The lowest BCUT2D eigenvalue weighted by Crippen LogP contribution is -2.21. The maximum absolute atomic E-state index is 12.7. The summed E-state index contributed by atoms with van der Waals surface area (Å²) in [7, 11) is 4.35. The number of rotatable bonds is 6. The zero-order chi connectivity index (χ0) is 17.1. The topological polar surface area (TPSA) is 106 Å². The van der Waals surface area contributed by atoms with Gasteiger partial charge in [0.2, 0.25) is 5.78 Å². The van der Waals surface area contributed by atoms with E-state index in [2.05, 4.69) is 4.84 Å². The number of ketones is 1. The van der Waals surface area contributed by atoms with E-state index in [1.807, 2.05) is 0 Å². The third-order valence-corrected chi connectivity index (χ3v) is 3.46. The molecule has 0 saturated carbocycles. The van der Waals surface area contributed by atoms with Crippen LogP contribution in [0, 0.1) is 10.1 Å². The summed E-state index contributed by atoms with van der Waals surface area (Å²) in [5, 5.41) is 9.41. The van der Waals surface area contributed by atoms with E-state index in [0.29, 0.717) is 11.3 Å². The van der Waals surface area contributed by atoms with E-state index in [-0.39, 0.29) is 11.4 Å². The van der Waals surface area contributed by atoms with Crippen LogP contribution in [-0.2, 0) is 25.5 Å². The first kappa shape index (κ1) is 16.3. The highest BCUT2D eigenvalue weighted by molar-refractivity contribution is 6.08.